The summed E-state index contributed by atoms with van der Waals surface area (Å²) in [7, 11) is 1.89. The maximum Gasteiger partial charge on any atom is 0.0945 e. The second kappa shape index (κ2) is 4.11. The van der Waals surface area contributed by atoms with Crippen molar-refractivity contribution in [3.05, 3.63) is 34.9 Å². The smallest absolute Gasteiger partial charge is 0.0945 e. The van der Waals surface area contributed by atoms with E-state index >= 15 is 0 Å². The molecule has 1 N–H and O–H groups in total. The van der Waals surface area contributed by atoms with Gasteiger partial charge in [-0.15, -0.1) is 6.42 Å². The molecule has 1 nitrogen and oxygen atoms in total. The molecule has 0 aliphatic heterocycles. The van der Waals surface area contributed by atoms with Gasteiger partial charge in [-0.25, -0.2) is 0 Å². The minimum atomic E-state index is 0.0289. The maximum atomic E-state index is 5.44. The van der Waals surface area contributed by atoms with Crippen LogP contribution in [0, 0.1) is 26.2 Å². The first kappa shape index (κ1) is 9.83. The third-order valence-electron chi connectivity index (χ3n) is 2.29. The molecule has 1 rings (SSSR count). The average molecular weight is 173 g/mol. The van der Waals surface area contributed by atoms with Crippen LogP contribution in [0.4, 0.5) is 0 Å². The Kier molecular flexibility index (Phi) is 3.11. The lowest BCUT2D eigenvalue weighted by Gasteiger charge is -2.15. The van der Waals surface area contributed by atoms with E-state index in [0.717, 1.165) is 0 Å². The molecule has 1 unspecified atom stereocenters. The zero-order chi connectivity index (χ0) is 9.84. The molecule has 0 fully saturated rings. The average Bonchev–Trinajstić information content (AvgIpc) is 2.11. The van der Waals surface area contributed by atoms with Crippen LogP contribution in [0.2, 0.25) is 0 Å². The molecule has 0 aliphatic rings. The topological polar surface area (TPSA) is 12.0 Å². The summed E-state index contributed by atoms with van der Waals surface area (Å²) < 4.78 is 0. The first-order valence-corrected chi connectivity index (χ1v) is 4.40. The van der Waals surface area contributed by atoms with Gasteiger partial charge < -0.3 is 5.32 Å². The number of nitrogens with one attached hydrogen (secondary N) is 1. The molecule has 13 heavy (non-hydrogen) atoms. The van der Waals surface area contributed by atoms with Crippen molar-refractivity contribution in [3.8, 4) is 12.3 Å². The van der Waals surface area contributed by atoms with E-state index in [9.17, 15) is 0 Å². The molecular weight excluding hydrogens is 158 g/mol. The highest BCUT2D eigenvalue weighted by atomic mass is 14.9. The molecule has 1 heteroatoms. The molecule has 0 amide bonds. The zero-order valence-corrected chi connectivity index (χ0v) is 8.39. The van der Waals surface area contributed by atoms with Crippen molar-refractivity contribution in [3.63, 3.8) is 0 Å². The van der Waals surface area contributed by atoms with Crippen molar-refractivity contribution < 1.29 is 0 Å². The van der Waals surface area contributed by atoms with Crippen LogP contribution in [0.1, 0.15) is 22.7 Å². The predicted octanol–water partition coefficient (Wildman–Crippen LogP) is 2.20. The van der Waals surface area contributed by atoms with Crippen LogP contribution in [-0.2, 0) is 0 Å². The van der Waals surface area contributed by atoms with Gasteiger partial charge in [0.25, 0.3) is 0 Å². The van der Waals surface area contributed by atoms with Crippen molar-refractivity contribution in [1.29, 1.82) is 0 Å². The Bertz CT molecular complexity index is 313. The van der Waals surface area contributed by atoms with E-state index in [-0.39, 0.29) is 6.04 Å². The fourth-order valence-corrected chi connectivity index (χ4v) is 1.59. The summed E-state index contributed by atoms with van der Waals surface area (Å²) in [6.45, 7) is 4.17. The van der Waals surface area contributed by atoms with Gasteiger partial charge in [-0.1, -0.05) is 24.1 Å². The molecule has 0 heterocycles. The number of rotatable bonds is 2. The Morgan fingerprint density at radius 3 is 2.23 bits per heavy atom. The Morgan fingerprint density at radius 2 is 1.85 bits per heavy atom. The van der Waals surface area contributed by atoms with Crippen LogP contribution in [0.15, 0.2) is 18.2 Å². The molecule has 1 atom stereocenters. The minimum Gasteiger partial charge on any atom is -0.303 e. The predicted molar refractivity (Wildman–Crippen MR) is 56.5 cm³/mol. The number of benzene rings is 1. The summed E-state index contributed by atoms with van der Waals surface area (Å²) >= 11 is 0. The van der Waals surface area contributed by atoms with Crippen LogP contribution in [0.3, 0.4) is 0 Å². The molecule has 1 aromatic rings. The molecule has 68 valence electrons. The van der Waals surface area contributed by atoms with E-state index in [1.54, 1.807) is 0 Å². The largest absolute Gasteiger partial charge is 0.303 e. The second-order valence-corrected chi connectivity index (χ2v) is 3.19. The Hall–Kier alpha value is -1.26. The quantitative estimate of drug-likeness (QED) is 0.676. The van der Waals surface area contributed by atoms with Crippen molar-refractivity contribution in [2.45, 2.75) is 19.9 Å². The third kappa shape index (κ3) is 1.91. The van der Waals surface area contributed by atoms with E-state index < -0.39 is 0 Å². The van der Waals surface area contributed by atoms with Crippen molar-refractivity contribution >= 4 is 0 Å². The van der Waals surface area contributed by atoms with E-state index in [2.05, 4.69) is 43.3 Å². The monoisotopic (exact) mass is 173 g/mol. The van der Waals surface area contributed by atoms with Gasteiger partial charge in [-0.2, -0.15) is 0 Å². The van der Waals surface area contributed by atoms with Crippen LogP contribution >= 0.6 is 0 Å². The Labute approximate surface area is 80.2 Å². The highest BCUT2D eigenvalue weighted by Gasteiger charge is 2.10. The Morgan fingerprint density at radius 1 is 1.31 bits per heavy atom. The van der Waals surface area contributed by atoms with Crippen molar-refractivity contribution in [1.82, 2.24) is 5.32 Å². The SMILES string of the molecule is C#CC(NC)c1c(C)cccc1C. The molecule has 1 aromatic carbocycles. The highest BCUT2D eigenvalue weighted by molar-refractivity contribution is 5.39. The number of terminal acetylenes is 1. The summed E-state index contributed by atoms with van der Waals surface area (Å²) in [5.74, 6) is 2.74. The van der Waals surface area contributed by atoms with Crippen LogP contribution in [0.25, 0.3) is 0 Å². The van der Waals surface area contributed by atoms with Gasteiger partial charge in [0.2, 0.25) is 0 Å². The van der Waals surface area contributed by atoms with Crippen molar-refractivity contribution in [2.75, 3.05) is 7.05 Å². The fourth-order valence-electron chi connectivity index (χ4n) is 1.59. The fraction of sp³-hybridized carbons (Fsp3) is 0.333. The second-order valence-electron chi connectivity index (χ2n) is 3.19. The molecule has 0 aliphatic carbocycles. The Balaban J connectivity index is 3.20. The van der Waals surface area contributed by atoms with Crippen LogP contribution < -0.4 is 5.32 Å². The molecule has 0 saturated heterocycles. The first-order valence-electron chi connectivity index (χ1n) is 4.40. The summed E-state index contributed by atoms with van der Waals surface area (Å²) in [6.07, 6.45) is 5.44. The maximum absolute atomic E-state index is 5.44. The summed E-state index contributed by atoms with van der Waals surface area (Å²) in [5, 5.41) is 3.11. The van der Waals surface area contributed by atoms with E-state index in [1.807, 2.05) is 7.05 Å². The van der Waals surface area contributed by atoms with Gasteiger partial charge in [0.05, 0.1) is 6.04 Å². The zero-order valence-electron chi connectivity index (χ0n) is 8.39. The van der Waals surface area contributed by atoms with Crippen LogP contribution in [-0.4, -0.2) is 7.05 Å². The molecule has 0 bridgehead atoms. The molecule has 0 aromatic heterocycles. The molecule has 0 spiro atoms. The summed E-state index contributed by atoms with van der Waals surface area (Å²) in [5.41, 5.74) is 3.72. The third-order valence-corrected chi connectivity index (χ3v) is 2.29. The number of hydrogen-bond acceptors (Lipinski definition) is 1. The lowest BCUT2D eigenvalue weighted by Crippen LogP contribution is -2.16. The summed E-state index contributed by atoms with van der Waals surface area (Å²) in [4.78, 5) is 0. The van der Waals surface area contributed by atoms with Crippen molar-refractivity contribution in [2.24, 2.45) is 0 Å². The standard InChI is InChI=1S/C12H15N/c1-5-11(13-4)12-9(2)7-6-8-10(12)3/h1,6-8,11,13H,2-4H3. The number of hydrogen-bond donors (Lipinski definition) is 1. The van der Waals surface area contributed by atoms with Gasteiger partial charge in [0.15, 0.2) is 0 Å². The van der Waals surface area contributed by atoms with Gasteiger partial charge in [0, 0.05) is 0 Å². The lowest BCUT2D eigenvalue weighted by molar-refractivity contribution is 0.727. The molecule has 0 radical (unpaired) electrons. The summed E-state index contributed by atoms with van der Waals surface area (Å²) in [6, 6.07) is 6.26. The van der Waals surface area contributed by atoms with Gasteiger partial charge in [-0.05, 0) is 37.6 Å². The number of aryl methyl sites for hydroxylation is 2. The molecular formula is C12H15N. The van der Waals surface area contributed by atoms with Gasteiger partial charge in [-0.3, -0.25) is 0 Å². The first-order chi connectivity index (χ1) is 6.20. The highest BCUT2D eigenvalue weighted by Crippen LogP contribution is 2.20. The normalized spacial score (nSPS) is 12.2. The van der Waals surface area contributed by atoms with E-state index in [4.69, 9.17) is 6.42 Å². The van der Waals surface area contributed by atoms with Gasteiger partial charge >= 0.3 is 0 Å². The van der Waals surface area contributed by atoms with E-state index in [1.165, 1.54) is 16.7 Å². The van der Waals surface area contributed by atoms with Crippen LogP contribution in [0.5, 0.6) is 0 Å². The molecule has 0 saturated carbocycles. The van der Waals surface area contributed by atoms with E-state index in [0.29, 0.717) is 0 Å². The van der Waals surface area contributed by atoms with Gasteiger partial charge in [0.1, 0.15) is 0 Å². The lowest BCUT2D eigenvalue weighted by atomic mass is 9.97. The minimum absolute atomic E-state index is 0.0289.